The zero-order valence-electron chi connectivity index (χ0n) is 40.6. The molecule has 16 bridgehead atoms. The van der Waals surface area contributed by atoms with E-state index in [0.29, 0.717) is 0 Å². The highest BCUT2D eigenvalue weighted by Crippen LogP contribution is 2.37. The lowest BCUT2D eigenvalue weighted by atomic mass is 10.0. The van der Waals surface area contributed by atoms with Crippen molar-refractivity contribution < 1.29 is 0 Å². The number of rotatable bonds is 4. The Kier molecular flexibility index (Phi) is 9.80. The lowest BCUT2D eigenvalue weighted by Crippen LogP contribution is -2.26. The van der Waals surface area contributed by atoms with E-state index < -0.39 is 0 Å². The number of aromatic nitrogens is 4. The summed E-state index contributed by atoms with van der Waals surface area (Å²) in [5, 5.41) is 10.8. The van der Waals surface area contributed by atoms with Gasteiger partial charge in [0.15, 0.2) is 0 Å². The fourth-order valence-electron chi connectivity index (χ4n) is 13.3. The average molecular weight is 933 g/mol. The van der Waals surface area contributed by atoms with Gasteiger partial charge in [0.05, 0.1) is 0 Å². The van der Waals surface area contributed by atoms with E-state index in [1.165, 1.54) is 121 Å². The van der Waals surface area contributed by atoms with Crippen LogP contribution in [0.25, 0.3) is 87.2 Å². The van der Waals surface area contributed by atoms with E-state index >= 15 is 0 Å². The minimum atomic E-state index is 0.834. The Morgan fingerprint density at radius 2 is 0.500 bits per heavy atom. The first-order valence-corrected chi connectivity index (χ1v) is 26.2. The van der Waals surface area contributed by atoms with Gasteiger partial charge in [0.2, 0.25) is 0 Å². The highest BCUT2D eigenvalue weighted by Gasteiger charge is 2.21. The number of fused-ring (bicyclic) bond motifs is 4. The Bertz CT molecular complexity index is 3750. The third-order valence-electron chi connectivity index (χ3n) is 16.4. The van der Waals surface area contributed by atoms with Gasteiger partial charge in [0, 0.05) is 153 Å². The van der Waals surface area contributed by atoms with Crippen molar-refractivity contribution in [1.29, 1.82) is 0 Å². The molecule has 13 aromatic rings. The van der Waals surface area contributed by atoms with Gasteiger partial charge in [-0.2, -0.15) is 0 Å². The monoisotopic (exact) mass is 932 g/mol. The standard InChI is InChI=1S/C66H56N6/c1-2-14-50(44-68-41-47-25-29-65-57(37-47)53-17-5-9-21-61(53)71(65)33-12-34-72-62-22-10-6-18-54(62)58-38-48(42-68)26-30-66(58)72)49(13-1)43-67-39-45-23-27-63-55(35-45)51-15-3-7-19-59(51)69(63)31-11-32-70-60-20-8-4-16-52(60)56-36-46(40-67)24-28-64(56)70/h1-10,13-30,35-38H,11-12,31-34,39-44H2. The normalized spacial score (nSPS) is 15.2. The van der Waals surface area contributed by atoms with Crippen LogP contribution in [0.15, 0.2) is 194 Å². The Balaban J connectivity index is 0.836. The van der Waals surface area contributed by atoms with Crippen LogP contribution >= 0.6 is 0 Å². The molecule has 72 heavy (non-hydrogen) atoms. The first-order chi connectivity index (χ1) is 35.6. The van der Waals surface area contributed by atoms with E-state index in [4.69, 9.17) is 0 Å². The topological polar surface area (TPSA) is 26.2 Å². The number of hydrogen-bond acceptors (Lipinski definition) is 2. The van der Waals surface area contributed by atoms with E-state index in [0.717, 1.165) is 78.3 Å². The van der Waals surface area contributed by atoms with Gasteiger partial charge in [-0.1, -0.05) is 121 Å². The van der Waals surface area contributed by atoms with Crippen molar-refractivity contribution >= 4 is 87.2 Å². The molecule has 0 spiro atoms. The Morgan fingerprint density at radius 3 is 0.792 bits per heavy atom. The number of benzene rings is 9. The second-order valence-electron chi connectivity index (χ2n) is 20.8. The Morgan fingerprint density at radius 1 is 0.250 bits per heavy atom. The number of nitrogens with zero attached hydrogens (tertiary/aromatic N) is 6. The molecule has 0 saturated heterocycles. The predicted molar refractivity (Wildman–Crippen MR) is 299 cm³/mol. The van der Waals surface area contributed by atoms with Gasteiger partial charge >= 0.3 is 0 Å². The molecule has 12 heterocycles. The summed E-state index contributed by atoms with van der Waals surface area (Å²) in [6.45, 7) is 8.90. The molecule has 0 fully saturated rings. The summed E-state index contributed by atoms with van der Waals surface area (Å²) < 4.78 is 10.3. The molecule has 0 saturated carbocycles. The summed E-state index contributed by atoms with van der Waals surface area (Å²) in [5.41, 5.74) is 18.8. The molecule has 8 aliphatic heterocycles. The number of hydrogen-bond donors (Lipinski definition) is 0. The third kappa shape index (κ3) is 6.92. The minimum Gasteiger partial charge on any atom is -0.340 e. The summed E-state index contributed by atoms with van der Waals surface area (Å²) in [7, 11) is 0. The van der Waals surface area contributed by atoms with Crippen LogP contribution in [-0.2, 0) is 65.4 Å². The van der Waals surface area contributed by atoms with Gasteiger partial charge in [-0.25, -0.2) is 0 Å². The fourth-order valence-corrected chi connectivity index (χ4v) is 13.3. The molecule has 6 nitrogen and oxygen atoms in total. The highest BCUT2D eigenvalue weighted by atomic mass is 15.1. The van der Waals surface area contributed by atoms with Crippen LogP contribution in [0.1, 0.15) is 46.2 Å². The van der Waals surface area contributed by atoms with Crippen LogP contribution in [0.3, 0.4) is 0 Å². The van der Waals surface area contributed by atoms with Crippen molar-refractivity contribution in [2.75, 3.05) is 0 Å². The van der Waals surface area contributed by atoms with Crippen LogP contribution < -0.4 is 0 Å². The molecular formula is C66H56N6. The zero-order chi connectivity index (χ0) is 47.3. The lowest BCUT2D eigenvalue weighted by molar-refractivity contribution is 0.234. The smallest absolute Gasteiger partial charge is 0.0491 e. The molecule has 0 radical (unpaired) electrons. The largest absolute Gasteiger partial charge is 0.340 e. The molecule has 0 unspecified atom stereocenters. The summed E-state index contributed by atoms with van der Waals surface area (Å²) in [6, 6.07) is 74.5. The van der Waals surface area contributed by atoms with Crippen molar-refractivity contribution in [3.63, 3.8) is 0 Å². The molecule has 0 amide bonds. The summed E-state index contributed by atoms with van der Waals surface area (Å²) >= 11 is 0. The molecule has 21 rings (SSSR count). The average Bonchev–Trinajstić information content (AvgIpc) is 4.11. The van der Waals surface area contributed by atoms with Crippen molar-refractivity contribution in [2.45, 2.75) is 78.3 Å². The second kappa shape index (κ2) is 16.9. The van der Waals surface area contributed by atoms with Crippen molar-refractivity contribution in [1.82, 2.24) is 28.1 Å². The fraction of sp³-hybridized carbons (Fsp3) is 0.182. The van der Waals surface area contributed by atoms with E-state index in [-0.39, 0.29) is 0 Å². The van der Waals surface area contributed by atoms with E-state index in [9.17, 15) is 0 Å². The van der Waals surface area contributed by atoms with Gasteiger partial charge < -0.3 is 18.3 Å². The quantitative estimate of drug-likeness (QED) is 0.176. The van der Waals surface area contributed by atoms with E-state index in [2.05, 4.69) is 222 Å². The molecule has 0 atom stereocenters. The molecule has 0 aliphatic carbocycles. The van der Waals surface area contributed by atoms with Crippen LogP contribution in [0.2, 0.25) is 0 Å². The van der Waals surface area contributed by atoms with Gasteiger partial charge in [-0.3, -0.25) is 9.80 Å². The van der Waals surface area contributed by atoms with Crippen LogP contribution in [-0.4, -0.2) is 28.1 Å². The summed E-state index contributed by atoms with van der Waals surface area (Å²) in [6.07, 6.45) is 2.10. The zero-order valence-corrected chi connectivity index (χ0v) is 40.6. The van der Waals surface area contributed by atoms with Gasteiger partial charge in [0.25, 0.3) is 0 Å². The summed E-state index contributed by atoms with van der Waals surface area (Å²) in [5.74, 6) is 0. The maximum atomic E-state index is 2.69. The first-order valence-electron chi connectivity index (χ1n) is 26.2. The predicted octanol–water partition coefficient (Wildman–Crippen LogP) is 15.3. The SMILES string of the molecule is c1ccc(CN2Cc3ccc4c(c3)c3ccccc3n4CCCn3c4ccccc4c4cc(ccc43)C2)c(CN2Cc3ccc4c(c3)c3ccccc3n4CCCn3c4ccccc4c4cc(ccc43)C2)c1. The van der Waals surface area contributed by atoms with Crippen LogP contribution in [0.5, 0.6) is 0 Å². The van der Waals surface area contributed by atoms with Crippen molar-refractivity contribution in [3.8, 4) is 0 Å². The van der Waals surface area contributed by atoms with E-state index in [1.54, 1.807) is 0 Å². The maximum absolute atomic E-state index is 2.69. The molecule has 8 aliphatic rings. The van der Waals surface area contributed by atoms with Crippen molar-refractivity contribution in [2.24, 2.45) is 0 Å². The Hall–Kier alpha value is -7.90. The Labute approximate surface area is 419 Å². The maximum Gasteiger partial charge on any atom is 0.0491 e. The van der Waals surface area contributed by atoms with E-state index in [1.807, 2.05) is 0 Å². The summed E-state index contributed by atoms with van der Waals surface area (Å²) in [4.78, 5) is 5.38. The molecule has 0 N–H and O–H groups in total. The number of para-hydroxylation sites is 4. The van der Waals surface area contributed by atoms with Gasteiger partial charge in [0.1, 0.15) is 0 Å². The molecule has 6 heteroatoms. The molecular weight excluding hydrogens is 877 g/mol. The molecule has 9 aromatic carbocycles. The minimum absolute atomic E-state index is 0.834. The first kappa shape index (κ1) is 41.8. The third-order valence-corrected chi connectivity index (χ3v) is 16.4. The lowest BCUT2D eigenvalue weighted by Gasteiger charge is -2.27. The number of aryl methyl sites for hydroxylation is 4. The second-order valence-corrected chi connectivity index (χ2v) is 20.8. The molecule has 4 aromatic heterocycles. The van der Waals surface area contributed by atoms with Crippen LogP contribution in [0, 0.1) is 0 Å². The van der Waals surface area contributed by atoms with Crippen LogP contribution in [0.4, 0.5) is 0 Å². The highest BCUT2D eigenvalue weighted by molar-refractivity contribution is 6.11. The van der Waals surface area contributed by atoms with Gasteiger partial charge in [-0.15, -0.1) is 0 Å². The van der Waals surface area contributed by atoms with Gasteiger partial charge in [-0.05, 0) is 119 Å². The van der Waals surface area contributed by atoms with Crippen molar-refractivity contribution in [3.05, 3.63) is 228 Å². The molecule has 350 valence electrons.